The van der Waals surface area contributed by atoms with Gasteiger partial charge < -0.3 is 0 Å². The van der Waals surface area contributed by atoms with Crippen LogP contribution in [0.3, 0.4) is 0 Å². The maximum absolute atomic E-state index is 4.34. The van der Waals surface area contributed by atoms with Crippen molar-refractivity contribution < 1.29 is 0 Å². The van der Waals surface area contributed by atoms with Crippen LogP contribution in [0.4, 0.5) is 0 Å². The molecule has 0 N–H and O–H groups in total. The molecule has 2 heteroatoms. The van der Waals surface area contributed by atoms with Gasteiger partial charge in [-0.05, 0) is 23.3 Å². The summed E-state index contributed by atoms with van der Waals surface area (Å²) >= 11 is 8.63. The van der Waals surface area contributed by atoms with Crippen LogP contribution in [0.5, 0.6) is 0 Å². The molecule has 0 saturated heterocycles. The van der Waals surface area contributed by atoms with Gasteiger partial charge in [0.05, 0.1) is 0 Å². The first-order valence-electron chi connectivity index (χ1n) is 5.67. The van der Waals surface area contributed by atoms with Crippen LogP contribution in [0.2, 0.25) is 0 Å². The predicted molar refractivity (Wildman–Crippen MR) is 85.5 cm³/mol. The standard InChI is InChI=1S/C16H14S2/c17-15-11-10-14(12-16(15)18)9-5-4-8-13-6-2-1-3-7-13/h1-12,17-18H/b8-4+,9-5+. The van der Waals surface area contributed by atoms with Gasteiger partial charge in [-0.3, -0.25) is 0 Å². The molecule has 0 atom stereocenters. The van der Waals surface area contributed by atoms with Crippen molar-refractivity contribution in [3.05, 3.63) is 71.8 Å². The van der Waals surface area contributed by atoms with Crippen molar-refractivity contribution in [3.63, 3.8) is 0 Å². The Hall–Kier alpha value is -1.38. The fraction of sp³-hybridized carbons (Fsp3) is 0. The average Bonchev–Trinajstić information content (AvgIpc) is 2.40. The lowest BCUT2D eigenvalue weighted by molar-refractivity contribution is 1.26. The van der Waals surface area contributed by atoms with Crippen molar-refractivity contribution >= 4 is 37.4 Å². The maximum atomic E-state index is 4.34. The van der Waals surface area contributed by atoms with Gasteiger partial charge in [0.25, 0.3) is 0 Å². The van der Waals surface area contributed by atoms with Crippen LogP contribution in [0.25, 0.3) is 12.2 Å². The van der Waals surface area contributed by atoms with Crippen LogP contribution in [0.1, 0.15) is 11.1 Å². The Labute approximate surface area is 119 Å². The highest BCUT2D eigenvalue weighted by Gasteiger charge is 1.93. The Morgan fingerprint density at radius 2 is 1.33 bits per heavy atom. The number of hydrogen-bond donors (Lipinski definition) is 2. The second-order valence-corrected chi connectivity index (χ2v) is 4.84. The van der Waals surface area contributed by atoms with Gasteiger partial charge in [0.15, 0.2) is 0 Å². The minimum atomic E-state index is 0.896. The van der Waals surface area contributed by atoms with Gasteiger partial charge in [0, 0.05) is 9.79 Å². The van der Waals surface area contributed by atoms with E-state index in [2.05, 4.69) is 43.5 Å². The molecule has 0 aliphatic heterocycles. The van der Waals surface area contributed by atoms with E-state index < -0.39 is 0 Å². The fourth-order valence-electron chi connectivity index (χ4n) is 1.54. The molecule has 0 fully saturated rings. The first kappa shape index (κ1) is 13.1. The first-order valence-corrected chi connectivity index (χ1v) is 6.57. The zero-order chi connectivity index (χ0) is 12.8. The number of benzene rings is 2. The highest BCUT2D eigenvalue weighted by Crippen LogP contribution is 2.19. The summed E-state index contributed by atoms with van der Waals surface area (Å²) in [6.07, 6.45) is 8.17. The minimum absolute atomic E-state index is 0.896. The second-order valence-electron chi connectivity index (χ2n) is 3.88. The van der Waals surface area contributed by atoms with Crippen LogP contribution < -0.4 is 0 Å². The van der Waals surface area contributed by atoms with E-state index in [4.69, 9.17) is 0 Å². The molecule has 0 amide bonds. The number of hydrogen-bond acceptors (Lipinski definition) is 2. The van der Waals surface area contributed by atoms with E-state index in [1.807, 2.05) is 54.6 Å². The van der Waals surface area contributed by atoms with Crippen molar-refractivity contribution in [1.82, 2.24) is 0 Å². The summed E-state index contributed by atoms with van der Waals surface area (Å²) in [5, 5.41) is 0. The van der Waals surface area contributed by atoms with Gasteiger partial charge in [-0.25, -0.2) is 0 Å². The summed E-state index contributed by atoms with van der Waals surface area (Å²) in [5.74, 6) is 0. The van der Waals surface area contributed by atoms with E-state index in [0.717, 1.165) is 15.4 Å². The molecule has 2 rings (SSSR count). The highest BCUT2D eigenvalue weighted by molar-refractivity contribution is 7.83. The molecule has 0 bridgehead atoms. The molecule has 2 aromatic rings. The third-order valence-corrected chi connectivity index (χ3v) is 3.42. The molecular weight excluding hydrogens is 256 g/mol. The van der Waals surface area contributed by atoms with Gasteiger partial charge in [-0.1, -0.05) is 60.7 Å². The van der Waals surface area contributed by atoms with Crippen LogP contribution in [-0.4, -0.2) is 0 Å². The summed E-state index contributed by atoms with van der Waals surface area (Å²) in [4.78, 5) is 1.79. The van der Waals surface area contributed by atoms with E-state index >= 15 is 0 Å². The Morgan fingerprint density at radius 1 is 0.667 bits per heavy atom. The van der Waals surface area contributed by atoms with Crippen LogP contribution in [-0.2, 0) is 0 Å². The smallest absolute Gasteiger partial charge is 0.0180 e. The van der Waals surface area contributed by atoms with Gasteiger partial charge in [-0.15, -0.1) is 25.3 Å². The third-order valence-electron chi connectivity index (χ3n) is 2.49. The monoisotopic (exact) mass is 270 g/mol. The normalized spacial score (nSPS) is 11.4. The summed E-state index contributed by atoms with van der Waals surface area (Å²) in [6, 6.07) is 16.2. The molecule has 0 radical (unpaired) electrons. The zero-order valence-corrected chi connectivity index (χ0v) is 11.6. The molecular formula is C16H14S2. The Morgan fingerprint density at radius 3 is 2.00 bits per heavy atom. The largest absolute Gasteiger partial charge is 0.142 e. The molecule has 0 nitrogen and oxygen atoms in total. The minimum Gasteiger partial charge on any atom is -0.142 e. The lowest BCUT2D eigenvalue weighted by Gasteiger charge is -1.98. The van der Waals surface area contributed by atoms with Gasteiger partial charge >= 0.3 is 0 Å². The van der Waals surface area contributed by atoms with Crippen LogP contribution in [0.15, 0.2) is 70.5 Å². The SMILES string of the molecule is Sc1ccc(/C=C/C=C/c2ccccc2)cc1S. The number of allylic oxidation sites excluding steroid dienone is 2. The molecule has 0 aliphatic rings. The van der Waals surface area contributed by atoms with E-state index in [9.17, 15) is 0 Å². The third kappa shape index (κ3) is 3.83. The molecule has 0 spiro atoms. The van der Waals surface area contributed by atoms with Crippen LogP contribution in [0, 0.1) is 0 Å². The number of rotatable bonds is 3. The quantitative estimate of drug-likeness (QED) is 0.569. The van der Waals surface area contributed by atoms with Crippen LogP contribution >= 0.6 is 25.3 Å². The zero-order valence-electron chi connectivity index (χ0n) is 9.82. The van der Waals surface area contributed by atoms with Crippen molar-refractivity contribution in [2.75, 3.05) is 0 Å². The van der Waals surface area contributed by atoms with Crippen molar-refractivity contribution in [2.45, 2.75) is 9.79 Å². The highest BCUT2D eigenvalue weighted by atomic mass is 32.1. The van der Waals surface area contributed by atoms with Crippen molar-refractivity contribution in [1.29, 1.82) is 0 Å². The molecule has 0 unspecified atom stereocenters. The van der Waals surface area contributed by atoms with E-state index in [-0.39, 0.29) is 0 Å². The van der Waals surface area contributed by atoms with Gasteiger partial charge in [0.1, 0.15) is 0 Å². The first-order chi connectivity index (χ1) is 8.75. The van der Waals surface area contributed by atoms with Gasteiger partial charge in [0.2, 0.25) is 0 Å². The molecule has 0 saturated carbocycles. The summed E-state index contributed by atoms with van der Waals surface area (Å²) in [5.41, 5.74) is 2.32. The topological polar surface area (TPSA) is 0 Å². The Balaban J connectivity index is 2.03. The van der Waals surface area contributed by atoms with E-state index in [0.29, 0.717) is 0 Å². The molecule has 0 aliphatic carbocycles. The Bertz CT molecular complexity index is 569. The fourth-order valence-corrected chi connectivity index (χ4v) is 1.90. The van der Waals surface area contributed by atoms with E-state index in [1.165, 1.54) is 5.56 Å². The molecule has 18 heavy (non-hydrogen) atoms. The second kappa shape index (κ2) is 6.53. The maximum Gasteiger partial charge on any atom is 0.0180 e. The van der Waals surface area contributed by atoms with Crippen molar-refractivity contribution in [2.24, 2.45) is 0 Å². The number of thiol groups is 2. The predicted octanol–water partition coefficient (Wildman–Crippen LogP) is 4.99. The molecule has 0 heterocycles. The summed E-state index contributed by atoms with van der Waals surface area (Å²) < 4.78 is 0. The summed E-state index contributed by atoms with van der Waals surface area (Å²) in [6.45, 7) is 0. The molecule has 0 aromatic heterocycles. The van der Waals surface area contributed by atoms with Crippen molar-refractivity contribution in [3.8, 4) is 0 Å². The molecule has 90 valence electrons. The lowest BCUT2D eigenvalue weighted by atomic mass is 10.2. The van der Waals surface area contributed by atoms with E-state index in [1.54, 1.807) is 0 Å². The Kier molecular flexibility index (Phi) is 4.73. The average molecular weight is 270 g/mol. The molecule has 2 aromatic carbocycles. The summed E-state index contributed by atoms with van der Waals surface area (Å²) in [7, 11) is 0. The lowest BCUT2D eigenvalue weighted by Crippen LogP contribution is -1.74. The van der Waals surface area contributed by atoms with Gasteiger partial charge in [-0.2, -0.15) is 0 Å².